The fourth-order valence-corrected chi connectivity index (χ4v) is 2.10. The molecule has 0 aromatic heterocycles. The minimum absolute atomic E-state index is 0.302. The summed E-state index contributed by atoms with van der Waals surface area (Å²) in [7, 11) is 0. The maximum Gasteiger partial charge on any atom is 0.316 e. The number of hydrogen-bond donors (Lipinski definition) is 2. The van der Waals surface area contributed by atoms with Crippen molar-refractivity contribution in [2.75, 3.05) is 6.54 Å². The summed E-state index contributed by atoms with van der Waals surface area (Å²) in [6.45, 7) is 2.12. The van der Waals surface area contributed by atoms with Gasteiger partial charge in [0.2, 0.25) is 5.91 Å². The Morgan fingerprint density at radius 2 is 2.06 bits per heavy atom. The third kappa shape index (κ3) is 4.14. The molecule has 1 atom stereocenters. The summed E-state index contributed by atoms with van der Waals surface area (Å²) in [5.74, 6) is -2.45. The quantitative estimate of drug-likeness (QED) is 0.791. The van der Waals surface area contributed by atoms with E-state index in [0.29, 0.717) is 19.4 Å². The van der Waals surface area contributed by atoms with Crippen molar-refractivity contribution in [1.29, 1.82) is 0 Å². The summed E-state index contributed by atoms with van der Waals surface area (Å²) >= 11 is 3.42. The molecule has 0 spiro atoms. The smallest absolute Gasteiger partial charge is 0.316 e. The number of aliphatic carboxylic acids is 1. The zero-order valence-electron chi connectivity index (χ0n) is 10.1. The summed E-state index contributed by atoms with van der Waals surface area (Å²) in [4.78, 5) is 22.4. The summed E-state index contributed by atoms with van der Waals surface area (Å²) in [6.07, 6.45) is 0.972. The Bertz CT molecular complexity index is 434. The van der Waals surface area contributed by atoms with Crippen LogP contribution in [0.25, 0.3) is 0 Å². The van der Waals surface area contributed by atoms with Crippen molar-refractivity contribution in [3.63, 3.8) is 0 Å². The first kappa shape index (κ1) is 14.7. The predicted octanol–water partition coefficient (Wildman–Crippen LogP) is 2.22. The van der Waals surface area contributed by atoms with Crippen LogP contribution in [0.5, 0.6) is 0 Å². The number of benzene rings is 1. The van der Waals surface area contributed by atoms with Gasteiger partial charge in [-0.3, -0.25) is 9.59 Å². The number of carboxylic acid groups (broad SMARTS) is 1. The molecule has 2 N–H and O–H groups in total. The Morgan fingerprint density at radius 3 is 2.61 bits per heavy atom. The normalized spacial score (nSPS) is 11.9. The lowest BCUT2D eigenvalue weighted by Crippen LogP contribution is -2.36. The standard InChI is InChI=1S/C13H16BrNO3/c1-2-10(13(17)18)12(16)15-8-7-9-5-3-4-6-11(9)14/h3-6,10H,2,7-8H2,1H3,(H,15,16)(H,17,18). The van der Waals surface area contributed by atoms with E-state index in [-0.39, 0.29) is 0 Å². The number of hydrogen-bond acceptors (Lipinski definition) is 2. The molecule has 0 aliphatic rings. The van der Waals surface area contributed by atoms with Crippen molar-refractivity contribution in [3.8, 4) is 0 Å². The van der Waals surface area contributed by atoms with Crippen molar-refractivity contribution in [2.45, 2.75) is 19.8 Å². The molecular weight excluding hydrogens is 298 g/mol. The predicted molar refractivity (Wildman–Crippen MR) is 72.3 cm³/mol. The van der Waals surface area contributed by atoms with Crippen LogP contribution in [-0.4, -0.2) is 23.5 Å². The molecule has 98 valence electrons. The second-order valence-electron chi connectivity index (χ2n) is 3.93. The van der Waals surface area contributed by atoms with Gasteiger partial charge in [0.25, 0.3) is 0 Å². The van der Waals surface area contributed by atoms with Gasteiger partial charge in [-0.2, -0.15) is 0 Å². The van der Waals surface area contributed by atoms with Crippen molar-refractivity contribution >= 4 is 27.8 Å². The molecule has 5 heteroatoms. The van der Waals surface area contributed by atoms with Crippen molar-refractivity contribution in [3.05, 3.63) is 34.3 Å². The zero-order valence-corrected chi connectivity index (χ0v) is 11.7. The van der Waals surface area contributed by atoms with Gasteiger partial charge in [-0.25, -0.2) is 0 Å². The molecule has 1 unspecified atom stereocenters. The average molecular weight is 314 g/mol. The maximum absolute atomic E-state index is 11.6. The number of halogens is 1. The van der Waals surface area contributed by atoms with E-state index in [2.05, 4.69) is 21.2 Å². The van der Waals surface area contributed by atoms with E-state index in [1.54, 1.807) is 6.92 Å². The van der Waals surface area contributed by atoms with Crippen LogP contribution in [0.15, 0.2) is 28.7 Å². The highest BCUT2D eigenvalue weighted by molar-refractivity contribution is 9.10. The Kier molecular flexibility index (Phi) is 5.85. The first-order valence-corrected chi connectivity index (χ1v) is 6.59. The third-order valence-corrected chi connectivity index (χ3v) is 3.45. The number of nitrogens with one attached hydrogen (secondary N) is 1. The number of rotatable bonds is 6. The van der Waals surface area contributed by atoms with Gasteiger partial charge >= 0.3 is 5.97 Å². The molecule has 4 nitrogen and oxygen atoms in total. The SMILES string of the molecule is CCC(C(=O)O)C(=O)NCCc1ccccc1Br. The summed E-state index contributed by atoms with van der Waals surface area (Å²) in [5, 5.41) is 11.5. The minimum atomic E-state index is -1.07. The molecule has 0 radical (unpaired) electrons. The Labute approximate surface area is 115 Å². The van der Waals surface area contributed by atoms with Crippen LogP contribution >= 0.6 is 15.9 Å². The van der Waals surface area contributed by atoms with E-state index in [1.165, 1.54) is 0 Å². The summed E-state index contributed by atoms with van der Waals surface area (Å²) < 4.78 is 0.990. The molecule has 0 fully saturated rings. The van der Waals surface area contributed by atoms with Gasteiger partial charge in [-0.15, -0.1) is 0 Å². The minimum Gasteiger partial charge on any atom is -0.481 e. The number of amides is 1. The van der Waals surface area contributed by atoms with Crippen LogP contribution in [0.4, 0.5) is 0 Å². The van der Waals surface area contributed by atoms with Crippen LogP contribution in [0, 0.1) is 5.92 Å². The summed E-state index contributed by atoms with van der Waals surface area (Å²) in [5.41, 5.74) is 1.08. The van der Waals surface area contributed by atoms with Gasteiger partial charge in [0.05, 0.1) is 0 Å². The van der Waals surface area contributed by atoms with Crippen molar-refractivity contribution < 1.29 is 14.7 Å². The third-order valence-electron chi connectivity index (χ3n) is 2.67. The fourth-order valence-electron chi connectivity index (χ4n) is 1.62. The van der Waals surface area contributed by atoms with Crippen LogP contribution in [0.1, 0.15) is 18.9 Å². The van der Waals surface area contributed by atoms with Gasteiger partial charge < -0.3 is 10.4 Å². The molecule has 1 aromatic rings. The highest BCUT2D eigenvalue weighted by Gasteiger charge is 2.23. The van der Waals surface area contributed by atoms with Gasteiger partial charge in [0.15, 0.2) is 0 Å². The largest absolute Gasteiger partial charge is 0.481 e. The second kappa shape index (κ2) is 7.16. The Hall–Kier alpha value is -1.36. The molecular formula is C13H16BrNO3. The maximum atomic E-state index is 11.6. The van der Waals surface area contributed by atoms with Crippen molar-refractivity contribution in [1.82, 2.24) is 5.32 Å². The molecule has 1 aromatic carbocycles. The number of carboxylic acids is 1. The van der Waals surface area contributed by atoms with E-state index in [0.717, 1.165) is 10.0 Å². The lowest BCUT2D eigenvalue weighted by atomic mass is 10.1. The van der Waals surface area contributed by atoms with Gasteiger partial charge in [0.1, 0.15) is 5.92 Å². The van der Waals surface area contributed by atoms with Crippen LogP contribution in [-0.2, 0) is 16.0 Å². The molecule has 0 aliphatic heterocycles. The van der Waals surface area contributed by atoms with E-state index in [1.807, 2.05) is 24.3 Å². The molecule has 1 amide bonds. The fraction of sp³-hybridized carbons (Fsp3) is 0.385. The average Bonchev–Trinajstić information content (AvgIpc) is 2.32. The van der Waals surface area contributed by atoms with E-state index >= 15 is 0 Å². The number of carbonyl (C=O) groups is 2. The molecule has 1 rings (SSSR count). The van der Waals surface area contributed by atoms with Crippen LogP contribution in [0.3, 0.4) is 0 Å². The molecule has 0 bridgehead atoms. The highest BCUT2D eigenvalue weighted by atomic mass is 79.9. The lowest BCUT2D eigenvalue weighted by Gasteiger charge is -2.11. The van der Waals surface area contributed by atoms with E-state index < -0.39 is 17.8 Å². The monoisotopic (exact) mass is 313 g/mol. The molecule has 0 aliphatic carbocycles. The molecule has 18 heavy (non-hydrogen) atoms. The van der Waals surface area contributed by atoms with E-state index in [4.69, 9.17) is 5.11 Å². The molecule has 0 saturated heterocycles. The Balaban J connectivity index is 2.45. The Morgan fingerprint density at radius 1 is 1.39 bits per heavy atom. The summed E-state index contributed by atoms with van der Waals surface area (Å²) in [6, 6.07) is 7.74. The molecule has 0 heterocycles. The van der Waals surface area contributed by atoms with Crippen LogP contribution < -0.4 is 5.32 Å². The first-order chi connectivity index (χ1) is 8.56. The molecule has 0 saturated carbocycles. The first-order valence-electron chi connectivity index (χ1n) is 5.80. The van der Waals surface area contributed by atoms with E-state index in [9.17, 15) is 9.59 Å². The highest BCUT2D eigenvalue weighted by Crippen LogP contribution is 2.15. The van der Waals surface area contributed by atoms with Crippen molar-refractivity contribution in [2.24, 2.45) is 5.92 Å². The number of carbonyl (C=O) groups excluding carboxylic acids is 1. The van der Waals surface area contributed by atoms with Gasteiger partial charge in [0, 0.05) is 11.0 Å². The lowest BCUT2D eigenvalue weighted by molar-refractivity contribution is -0.147. The van der Waals surface area contributed by atoms with Gasteiger partial charge in [-0.05, 0) is 24.5 Å². The second-order valence-corrected chi connectivity index (χ2v) is 4.79. The topological polar surface area (TPSA) is 66.4 Å². The van der Waals surface area contributed by atoms with Gasteiger partial charge in [-0.1, -0.05) is 41.1 Å². The van der Waals surface area contributed by atoms with Crippen LogP contribution in [0.2, 0.25) is 0 Å². The zero-order chi connectivity index (χ0) is 13.5.